The number of hydrogen-bond donors (Lipinski definition) is 0. The molecule has 0 bridgehead atoms. The number of aryl methyl sites for hydroxylation is 1. The Kier molecular flexibility index (Phi) is 5.16. The van der Waals surface area contributed by atoms with Crippen LogP contribution < -0.4 is 4.74 Å². The zero-order chi connectivity index (χ0) is 16.6. The lowest BCUT2D eigenvalue weighted by Crippen LogP contribution is -2.01. The zero-order valence-electron chi connectivity index (χ0n) is 13.6. The van der Waals surface area contributed by atoms with Crippen molar-refractivity contribution < 1.29 is 13.2 Å². The maximum Gasteiger partial charge on any atom is 0.179 e. The second-order valence-electron chi connectivity index (χ2n) is 5.48. The molecule has 0 unspecified atom stereocenters. The van der Waals surface area contributed by atoms with Crippen molar-refractivity contribution in [2.24, 2.45) is 0 Å². The van der Waals surface area contributed by atoms with E-state index in [1.165, 1.54) is 13.4 Å². The molecular weight excluding hydrogens is 346 g/mol. The smallest absolute Gasteiger partial charge is 0.179 e. The van der Waals surface area contributed by atoms with Gasteiger partial charge in [0.05, 0.1) is 18.3 Å². The molecule has 0 radical (unpaired) electrons. The minimum Gasteiger partial charge on any atom is -0.495 e. The summed E-state index contributed by atoms with van der Waals surface area (Å²) in [6.45, 7) is 2.04. The average Bonchev–Trinajstić information content (AvgIpc) is 2.53. The van der Waals surface area contributed by atoms with Crippen LogP contribution >= 0.6 is 12.4 Å². The number of ether oxygens (including phenoxy) is 1. The summed E-state index contributed by atoms with van der Waals surface area (Å²) < 4.78 is 28.8. The Morgan fingerprint density at radius 3 is 2.42 bits per heavy atom. The molecule has 1 aromatic heterocycles. The Bertz CT molecular complexity index is 1000. The molecule has 0 atom stereocenters. The van der Waals surface area contributed by atoms with Crippen molar-refractivity contribution in [2.75, 3.05) is 13.4 Å². The van der Waals surface area contributed by atoms with Gasteiger partial charge in [-0.2, -0.15) is 0 Å². The van der Waals surface area contributed by atoms with Crippen LogP contribution in [0.5, 0.6) is 5.75 Å². The molecule has 126 valence electrons. The summed E-state index contributed by atoms with van der Waals surface area (Å²) in [5.74, 6) is 0.331. The van der Waals surface area contributed by atoms with Gasteiger partial charge >= 0.3 is 0 Å². The molecule has 2 aromatic carbocycles. The Balaban J connectivity index is 0.00000208. The lowest BCUT2D eigenvalue weighted by molar-refractivity contribution is 0.403. The molecule has 4 nitrogen and oxygen atoms in total. The minimum atomic E-state index is -3.33. The molecule has 0 amide bonds. The number of para-hydroxylation sites is 1. The van der Waals surface area contributed by atoms with E-state index in [-0.39, 0.29) is 17.3 Å². The average molecular weight is 364 g/mol. The summed E-state index contributed by atoms with van der Waals surface area (Å²) in [4.78, 5) is 4.85. The first-order valence-electron chi connectivity index (χ1n) is 7.15. The van der Waals surface area contributed by atoms with Gasteiger partial charge in [-0.3, -0.25) is 0 Å². The molecule has 24 heavy (non-hydrogen) atoms. The molecule has 1 heterocycles. The van der Waals surface area contributed by atoms with Crippen LogP contribution in [0.2, 0.25) is 0 Å². The van der Waals surface area contributed by atoms with Crippen LogP contribution in [0.15, 0.2) is 53.4 Å². The highest BCUT2D eigenvalue weighted by atomic mass is 35.5. The first kappa shape index (κ1) is 18.2. The van der Waals surface area contributed by atoms with Crippen LogP contribution in [0.4, 0.5) is 0 Å². The summed E-state index contributed by atoms with van der Waals surface area (Å²) in [5.41, 5.74) is 3.65. The number of fused-ring (bicyclic) bond motifs is 1. The zero-order valence-corrected chi connectivity index (χ0v) is 15.2. The van der Waals surface area contributed by atoms with Crippen LogP contribution in [0, 0.1) is 6.92 Å². The van der Waals surface area contributed by atoms with Gasteiger partial charge in [0.1, 0.15) is 10.6 Å². The second-order valence-corrected chi connectivity index (χ2v) is 7.46. The van der Waals surface area contributed by atoms with Gasteiger partial charge in [0.25, 0.3) is 0 Å². The second kappa shape index (κ2) is 6.79. The predicted octanol–water partition coefficient (Wildman–Crippen LogP) is 4.04. The van der Waals surface area contributed by atoms with E-state index < -0.39 is 9.84 Å². The van der Waals surface area contributed by atoms with Crippen LogP contribution in [0.3, 0.4) is 0 Å². The molecule has 0 N–H and O–H groups in total. The predicted molar refractivity (Wildman–Crippen MR) is 98.8 cm³/mol. The highest BCUT2D eigenvalue weighted by Gasteiger charge is 2.15. The van der Waals surface area contributed by atoms with Crippen molar-refractivity contribution in [1.29, 1.82) is 0 Å². The van der Waals surface area contributed by atoms with Gasteiger partial charge in [-0.05, 0) is 36.8 Å². The molecule has 0 fully saturated rings. The van der Waals surface area contributed by atoms with E-state index in [1.807, 2.05) is 37.3 Å². The molecule has 0 saturated carbocycles. The number of rotatable bonds is 3. The third-order valence-electron chi connectivity index (χ3n) is 3.78. The summed E-state index contributed by atoms with van der Waals surface area (Å²) in [7, 11) is -1.87. The van der Waals surface area contributed by atoms with Crippen molar-refractivity contribution in [1.82, 2.24) is 4.98 Å². The fraction of sp³-hybridized carbons (Fsp3) is 0.167. The van der Waals surface area contributed by atoms with Crippen LogP contribution in [0.25, 0.3) is 22.2 Å². The summed E-state index contributed by atoms with van der Waals surface area (Å²) in [6, 6.07) is 15.0. The third kappa shape index (κ3) is 3.37. The van der Waals surface area contributed by atoms with Gasteiger partial charge in [-0.15, -0.1) is 12.4 Å². The van der Waals surface area contributed by atoms with Crippen LogP contribution in [0.1, 0.15) is 5.56 Å². The molecule has 3 aromatic rings. The van der Waals surface area contributed by atoms with Crippen molar-refractivity contribution >= 4 is 33.1 Å². The fourth-order valence-electron chi connectivity index (χ4n) is 2.63. The van der Waals surface area contributed by atoms with Crippen molar-refractivity contribution in [2.45, 2.75) is 11.8 Å². The lowest BCUT2D eigenvalue weighted by Gasteiger charge is -2.11. The van der Waals surface area contributed by atoms with Gasteiger partial charge in [0.2, 0.25) is 0 Å². The summed E-state index contributed by atoms with van der Waals surface area (Å²) in [6.07, 6.45) is 1.17. The van der Waals surface area contributed by atoms with Crippen molar-refractivity contribution in [3.05, 3.63) is 54.1 Å². The van der Waals surface area contributed by atoms with E-state index in [9.17, 15) is 8.42 Å². The normalized spacial score (nSPS) is 11.1. The van der Waals surface area contributed by atoms with Gasteiger partial charge in [0.15, 0.2) is 9.84 Å². The summed E-state index contributed by atoms with van der Waals surface area (Å²) in [5, 5.41) is 1.11. The topological polar surface area (TPSA) is 56.3 Å². The van der Waals surface area contributed by atoms with Gasteiger partial charge < -0.3 is 4.74 Å². The molecule has 0 spiro atoms. The molecule has 0 aliphatic rings. The number of methoxy groups -OCH3 is 1. The Morgan fingerprint density at radius 2 is 1.75 bits per heavy atom. The molecule has 0 saturated heterocycles. The van der Waals surface area contributed by atoms with Crippen LogP contribution in [-0.2, 0) is 9.84 Å². The van der Waals surface area contributed by atoms with E-state index >= 15 is 0 Å². The number of aromatic nitrogens is 1. The number of hydrogen-bond acceptors (Lipinski definition) is 4. The largest absolute Gasteiger partial charge is 0.495 e. The maximum atomic E-state index is 11.8. The van der Waals surface area contributed by atoms with Gasteiger partial charge in [-0.25, -0.2) is 13.4 Å². The van der Waals surface area contributed by atoms with E-state index in [2.05, 4.69) is 4.98 Å². The summed E-state index contributed by atoms with van der Waals surface area (Å²) >= 11 is 0. The molecule has 0 aliphatic heterocycles. The molecule has 6 heteroatoms. The minimum absolute atomic E-state index is 0. The number of sulfone groups is 1. The number of pyridine rings is 1. The molecular formula is C18H18ClNO3S. The van der Waals surface area contributed by atoms with E-state index in [0.29, 0.717) is 5.75 Å². The lowest BCUT2D eigenvalue weighted by atomic mass is 10.0. The Labute approximate surface area is 147 Å². The number of nitrogens with zero attached hydrogens (tertiary/aromatic N) is 1. The molecule has 3 rings (SSSR count). The van der Waals surface area contributed by atoms with Crippen molar-refractivity contribution in [3.8, 4) is 17.0 Å². The highest BCUT2D eigenvalue weighted by molar-refractivity contribution is 7.90. The van der Waals surface area contributed by atoms with E-state index in [1.54, 1.807) is 18.2 Å². The highest BCUT2D eigenvalue weighted by Crippen LogP contribution is 2.31. The molecule has 0 aliphatic carbocycles. The number of benzene rings is 2. The monoisotopic (exact) mass is 363 g/mol. The quantitative estimate of drug-likeness (QED) is 0.704. The SMILES string of the molecule is COc1cc(-c2cc(C)c3ccccc3n2)ccc1S(C)(=O)=O.Cl. The van der Waals surface area contributed by atoms with Gasteiger partial charge in [0, 0.05) is 17.2 Å². The third-order valence-corrected chi connectivity index (χ3v) is 4.92. The first-order valence-corrected chi connectivity index (χ1v) is 9.04. The van der Waals surface area contributed by atoms with Crippen molar-refractivity contribution in [3.63, 3.8) is 0 Å². The van der Waals surface area contributed by atoms with Gasteiger partial charge in [-0.1, -0.05) is 24.3 Å². The first-order chi connectivity index (χ1) is 10.9. The fourth-order valence-corrected chi connectivity index (χ4v) is 3.45. The Hall–Kier alpha value is -2.11. The Morgan fingerprint density at radius 1 is 1.04 bits per heavy atom. The standard InChI is InChI=1S/C18H17NO3S.ClH/c1-12-10-16(19-15-7-5-4-6-14(12)15)13-8-9-18(23(3,20)21)17(11-13)22-2;/h4-11H,1-3H3;1H. The number of halogens is 1. The van der Waals surface area contributed by atoms with E-state index in [0.717, 1.165) is 27.7 Å². The maximum absolute atomic E-state index is 11.8. The van der Waals surface area contributed by atoms with E-state index in [4.69, 9.17) is 4.74 Å². The van der Waals surface area contributed by atoms with Crippen LogP contribution in [-0.4, -0.2) is 26.8 Å².